The number of nitrogens with zero attached hydrogens (tertiary/aromatic N) is 2. The molecule has 0 unspecified atom stereocenters. The number of anilines is 1. The standard InChI is InChI=1S/C20H21ClN3O6P/c1-3-28-31(27,29-4-2)20-19(22-13-15-7-5-6-8-17(15)21)30-18(23-20)14-9-11-16(12-10-14)24(25)26/h5-12,22H,3-4,13H2,1-2H3. The first-order valence-electron chi connectivity index (χ1n) is 9.50. The van der Waals surface area contributed by atoms with Gasteiger partial charge < -0.3 is 18.8 Å². The molecule has 0 saturated heterocycles. The van der Waals surface area contributed by atoms with Crippen LogP contribution in [0, 0.1) is 10.1 Å². The van der Waals surface area contributed by atoms with Crippen LogP contribution in [0.5, 0.6) is 0 Å². The van der Waals surface area contributed by atoms with Crippen LogP contribution in [0.4, 0.5) is 11.6 Å². The molecule has 0 aliphatic carbocycles. The summed E-state index contributed by atoms with van der Waals surface area (Å²) in [6.45, 7) is 3.95. The van der Waals surface area contributed by atoms with Gasteiger partial charge in [0.05, 0.1) is 18.1 Å². The minimum Gasteiger partial charge on any atom is -0.420 e. The van der Waals surface area contributed by atoms with E-state index in [1.165, 1.54) is 24.3 Å². The van der Waals surface area contributed by atoms with E-state index in [1.54, 1.807) is 19.9 Å². The van der Waals surface area contributed by atoms with E-state index in [4.69, 9.17) is 25.1 Å². The number of rotatable bonds is 10. The normalized spacial score (nSPS) is 11.5. The Morgan fingerprint density at radius 3 is 2.35 bits per heavy atom. The van der Waals surface area contributed by atoms with Gasteiger partial charge in [-0.1, -0.05) is 29.8 Å². The Kier molecular flexibility index (Phi) is 7.46. The van der Waals surface area contributed by atoms with Crippen molar-refractivity contribution < 1.29 is 23.0 Å². The molecule has 0 spiro atoms. The second kappa shape index (κ2) is 10.1. The Morgan fingerprint density at radius 2 is 1.77 bits per heavy atom. The maximum Gasteiger partial charge on any atom is 0.385 e. The van der Waals surface area contributed by atoms with Gasteiger partial charge in [0.25, 0.3) is 5.69 Å². The zero-order chi connectivity index (χ0) is 22.4. The van der Waals surface area contributed by atoms with Crippen molar-refractivity contribution in [2.45, 2.75) is 20.4 Å². The van der Waals surface area contributed by atoms with Gasteiger partial charge >= 0.3 is 7.60 Å². The van der Waals surface area contributed by atoms with E-state index < -0.39 is 12.5 Å². The van der Waals surface area contributed by atoms with Gasteiger partial charge in [-0.05, 0) is 37.6 Å². The molecule has 0 atom stereocenters. The lowest BCUT2D eigenvalue weighted by atomic mass is 10.2. The number of nitrogens with one attached hydrogen (secondary N) is 1. The minimum absolute atomic E-state index is 0.00314. The van der Waals surface area contributed by atoms with Gasteiger partial charge in [-0.15, -0.1) is 0 Å². The lowest BCUT2D eigenvalue weighted by Crippen LogP contribution is -2.16. The first-order chi connectivity index (χ1) is 14.9. The predicted molar refractivity (Wildman–Crippen MR) is 118 cm³/mol. The van der Waals surface area contributed by atoms with E-state index in [9.17, 15) is 14.7 Å². The Hall–Kier alpha value is -2.71. The Bertz CT molecular complexity index is 1090. The van der Waals surface area contributed by atoms with Crippen LogP contribution in [0.15, 0.2) is 52.9 Å². The van der Waals surface area contributed by atoms with Gasteiger partial charge in [0.2, 0.25) is 17.2 Å². The molecule has 11 heteroatoms. The maximum atomic E-state index is 13.4. The number of nitro benzene ring substituents is 1. The zero-order valence-electron chi connectivity index (χ0n) is 16.9. The highest BCUT2D eigenvalue weighted by molar-refractivity contribution is 7.62. The van der Waals surface area contributed by atoms with Crippen LogP contribution in [-0.2, 0) is 20.2 Å². The molecule has 3 rings (SSSR count). The molecule has 0 fully saturated rings. The fourth-order valence-corrected chi connectivity index (χ4v) is 4.57. The number of hydrogen-bond acceptors (Lipinski definition) is 8. The van der Waals surface area contributed by atoms with Crippen molar-refractivity contribution in [3.8, 4) is 11.5 Å². The molecule has 0 radical (unpaired) electrons. The molecule has 1 heterocycles. The molecule has 2 aromatic carbocycles. The Labute approximate surface area is 184 Å². The van der Waals surface area contributed by atoms with Crippen LogP contribution in [0.25, 0.3) is 11.5 Å². The summed E-state index contributed by atoms with van der Waals surface area (Å²) in [5, 5.41) is 14.5. The number of halogens is 1. The summed E-state index contributed by atoms with van der Waals surface area (Å²) in [5.74, 6) is 0.227. The van der Waals surface area contributed by atoms with Crippen LogP contribution >= 0.6 is 19.2 Å². The molecular weight excluding hydrogens is 445 g/mol. The van der Waals surface area contributed by atoms with Gasteiger partial charge in [-0.2, -0.15) is 4.98 Å². The average molecular weight is 466 g/mol. The summed E-state index contributed by atoms with van der Waals surface area (Å²) in [6.07, 6.45) is 0. The van der Waals surface area contributed by atoms with Crippen LogP contribution in [0.1, 0.15) is 19.4 Å². The molecule has 9 nitrogen and oxygen atoms in total. The smallest absolute Gasteiger partial charge is 0.385 e. The van der Waals surface area contributed by atoms with Crippen molar-refractivity contribution in [2.24, 2.45) is 0 Å². The predicted octanol–water partition coefficient (Wildman–Crippen LogP) is 5.41. The van der Waals surface area contributed by atoms with Crippen molar-refractivity contribution in [3.63, 3.8) is 0 Å². The number of oxazole rings is 1. The largest absolute Gasteiger partial charge is 0.420 e. The third kappa shape index (κ3) is 5.32. The van der Waals surface area contributed by atoms with E-state index in [1.807, 2.05) is 18.2 Å². The van der Waals surface area contributed by atoms with Gasteiger partial charge in [0.1, 0.15) is 0 Å². The molecule has 0 saturated carbocycles. The third-order valence-corrected chi connectivity index (χ3v) is 6.58. The molecule has 31 heavy (non-hydrogen) atoms. The number of hydrogen-bond donors (Lipinski definition) is 1. The molecule has 164 valence electrons. The summed E-state index contributed by atoms with van der Waals surface area (Å²) >= 11 is 6.22. The summed E-state index contributed by atoms with van der Waals surface area (Å²) in [7, 11) is -3.78. The van der Waals surface area contributed by atoms with Crippen molar-refractivity contribution in [1.29, 1.82) is 0 Å². The maximum absolute atomic E-state index is 13.4. The molecule has 0 amide bonds. The van der Waals surface area contributed by atoms with Crippen molar-refractivity contribution >= 4 is 36.2 Å². The highest BCUT2D eigenvalue weighted by Crippen LogP contribution is 2.49. The van der Waals surface area contributed by atoms with E-state index >= 15 is 0 Å². The zero-order valence-corrected chi connectivity index (χ0v) is 18.6. The summed E-state index contributed by atoms with van der Waals surface area (Å²) < 4.78 is 30.1. The van der Waals surface area contributed by atoms with Crippen LogP contribution in [0.3, 0.4) is 0 Å². The fraction of sp³-hybridized carbons (Fsp3) is 0.250. The second-order valence-electron chi connectivity index (χ2n) is 6.25. The van der Waals surface area contributed by atoms with Gasteiger partial charge in [0.15, 0.2) is 0 Å². The molecule has 0 aliphatic rings. The Balaban J connectivity index is 2.01. The quantitative estimate of drug-likeness (QED) is 0.240. The van der Waals surface area contributed by atoms with Crippen LogP contribution < -0.4 is 10.8 Å². The molecule has 1 N–H and O–H groups in total. The molecule has 1 aromatic heterocycles. The number of nitro groups is 1. The molecule has 0 aliphatic heterocycles. The van der Waals surface area contributed by atoms with E-state index in [0.717, 1.165) is 5.56 Å². The number of benzene rings is 2. The molecule has 3 aromatic rings. The van der Waals surface area contributed by atoms with Crippen molar-refractivity contribution in [1.82, 2.24) is 4.98 Å². The average Bonchev–Trinajstić information content (AvgIpc) is 3.19. The lowest BCUT2D eigenvalue weighted by molar-refractivity contribution is -0.384. The lowest BCUT2D eigenvalue weighted by Gasteiger charge is -2.15. The third-order valence-electron chi connectivity index (χ3n) is 4.19. The summed E-state index contributed by atoms with van der Waals surface area (Å²) in [6, 6.07) is 12.9. The highest BCUT2D eigenvalue weighted by atomic mass is 35.5. The van der Waals surface area contributed by atoms with E-state index in [2.05, 4.69) is 10.3 Å². The first-order valence-corrected chi connectivity index (χ1v) is 11.4. The highest BCUT2D eigenvalue weighted by Gasteiger charge is 2.36. The van der Waals surface area contributed by atoms with Crippen molar-refractivity contribution in [3.05, 3.63) is 69.2 Å². The molecule has 0 bridgehead atoms. The van der Waals surface area contributed by atoms with Gasteiger partial charge in [0, 0.05) is 29.3 Å². The van der Waals surface area contributed by atoms with E-state index in [-0.39, 0.29) is 42.7 Å². The van der Waals surface area contributed by atoms with Gasteiger partial charge in [-0.25, -0.2) is 0 Å². The molecular formula is C20H21ClN3O6P. The topological polar surface area (TPSA) is 117 Å². The van der Waals surface area contributed by atoms with Crippen molar-refractivity contribution in [2.75, 3.05) is 18.5 Å². The Morgan fingerprint density at radius 1 is 1.13 bits per heavy atom. The van der Waals surface area contributed by atoms with E-state index in [0.29, 0.717) is 10.6 Å². The van der Waals surface area contributed by atoms with Crippen LogP contribution in [-0.4, -0.2) is 23.1 Å². The van der Waals surface area contributed by atoms with Gasteiger partial charge in [-0.3, -0.25) is 14.7 Å². The SMILES string of the molecule is CCOP(=O)(OCC)c1nc(-c2ccc([N+](=O)[O-])cc2)oc1NCc1ccccc1Cl. The summed E-state index contributed by atoms with van der Waals surface area (Å²) in [4.78, 5) is 14.8. The number of aromatic nitrogens is 1. The summed E-state index contributed by atoms with van der Waals surface area (Å²) in [5.41, 5.74) is 1.20. The fourth-order valence-electron chi connectivity index (χ4n) is 2.78. The first kappa shape index (κ1) is 23.0. The monoisotopic (exact) mass is 465 g/mol. The second-order valence-corrected chi connectivity index (χ2v) is 8.60. The minimum atomic E-state index is -3.78. The number of non-ortho nitro benzene ring substituents is 1. The van der Waals surface area contributed by atoms with Crippen LogP contribution in [0.2, 0.25) is 5.02 Å².